The van der Waals surface area contributed by atoms with Crippen molar-refractivity contribution < 1.29 is 13.2 Å². The zero-order chi connectivity index (χ0) is 22.6. The maximum absolute atomic E-state index is 12.9. The second-order valence-electron chi connectivity index (χ2n) is 8.46. The van der Waals surface area contributed by atoms with Crippen molar-refractivity contribution in [2.45, 2.75) is 52.6 Å². The highest BCUT2D eigenvalue weighted by molar-refractivity contribution is 7.92. The van der Waals surface area contributed by atoms with Gasteiger partial charge in [0.15, 0.2) is 0 Å². The van der Waals surface area contributed by atoms with Crippen LogP contribution in [0.1, 0.15) is 42.9 Å². The predicted molar refractivity (Wildman–Crippen MR) is 127 cm³/mol. The highest BCUT2D eigenvalue weighted by atomic mass is 32.2. The zero-order valence-corrected chi connectivity index (χ0v) is 19.7. The van der Waals surface area contributed by atoms with Gasteiger partial charge < -0.3 is 10.2 Å². The molecule has 31 heavy (non-hydrogen) atoms. The van der Waals surface area contributed by atoms with Gasteiger partial charge in [-0.2, -0.15) is 0 Å². The van der Waals surface area contributed by atoms with Crippen molar-refractivity contribution in [3.63, 3.8) is 0 Å². The Morgan fingerprint density at radius 3 is 2.32 bits per heavy atom. The third-order valence-electron chi connectivity index (χ3n) is 5.81. The van der Waals surface area contributed by atoms with Crippen molar-refractivity contribution in [2.75, 3.05) is 28.6 Å². The minimum atomic E-state index is -3.64. The number of aryl methyl sites for hydroxylation is 2. The summed E-state index contributed by atoms with van der Waals surface area (Å²) in [6, 6.07) is 13.0. The van der Waals surface area contributed by atoms with Gasteiger partial charge in [-0.3, -0.25) is 9.10 Å². The Kier molecular flexibility index (Phi) is 7.26. The van der Waals surface area contributed by atoms with Crippen molar-refractivity contribution in [2.24, 2.45) is 0 Å². The Labute approximate surface area is 186 Å². The number of nitrogens with zero attached hydrogens (tertiary/aromatic N) is 2. The molecular weight excluding hydrogens is 410 g/mol. The van der Waals surface area contributed by atoms with Crippen molar-refractivity contribution in [1.82, 2.24) is 5.32 Å². The minimum absolute atomic E-state index is 0.327. The van der Waals surface area contributed by atoms with Crippen molar-refractivity contribution >= 4 is 27.3 Å². The van der Waals surface area contributed by atoms with E-state index in [1.807, 2.05) is 38.1 Å². The Morgan fingerprint density at radius 2 is 1.71 bits per heavy atom. The van der Waals surface area contributed by atoms with Gasteiger partial charge in [-0.1, -0.05) is 24.3 Å². The summed E-state index contributed by atoms with van der Waals surface area (Å²) in [5, 5.41) is 2.90. The molecule has 1 fully saturated rings. The predicted octanol–water partition coefficient (Wildman–Crippen LogP) is 3.76. The molecule has 1 saturated heterocycles. The Hall–Kier alpha value is -2.54. The molecule has 1 amide bonds. The van der Waals surface area contributed by atoms with Gasteiger partial charge in [-0.15, -0.1) is 0 Å². The van der Waals surface area contributed by atoms with E-state index in [9.17, 15) is 13.2 Å². The van der Waals surface area contributed by atoms with Crippen LogP contribution < -0.4 is 14.5 Å². The van der Waals surface area contributed by atoms with Crippen LogP contribution in [0.5, 0.6) is 0 Å². The second-order valence-corrected chi connectivity index (χ2v) is 10.3. The van der Waals surface area contributed by atoms with Gasteiger partial charge in [-0.25, -0.2) is 8.42 Å². The number of hydrogen-bond donors (Lipinski definition) is 1. The summed E-state index contributed by atoms with van der Waals surface area (Å²) in [5.74, 6) is -0.327. The van der Waals surface area contributed by atoms with Crippen LogP contribution in [-0.2, 0) is 21.4 Å². The van der Waals surface area contributed by atoms with E-state index in [4.69, 9.17) is 0 Å². The van der Waals surface area contributed by atoms with Gasteiger partial charge in [0.25, 0.3) is 0 Å². The lowest BCUT2D eigenvalue weighted by molar-refractivity contribution is -0.122. The Bertz CT molecular complexity index is 1010. The molecule has 0 aromatic heterocycles. The molecule has 168 valence electrons. The van der Waals surface area contributed by atoms with Crippen molar-refractivity contribution in [3.05, 3.63) is 59.2 Å². The molecule has 0 spiro atoms. The average molecular weight is 444 g/mol. The zero-order valence-electron chi connectivity index (χ0n) is 18.9. The van der Waals surface area contributed by atoms with E-state index in [0.717, 1.165) is 36.0 Å². The summed E-state index contributed by atoms with van der Waals surface area (Å²) >= 11 is 0. The fraction of sp³-hybridized carbons (Fsp3) is 0.458. The monoisotopic (exact) mass is 443 g/mol. The molecule has 7 heteroatoms. The molecule has 3 rings (SSSR count). The molecule has 0 aliphatic carbocycles. The van der Waals surface area contributed by atoms with Gasteiger partial charge in [0.05, 0.1) is 11.9 Å². The molecule has 0 saturated carbocycles. The van der Waals surface area contributed by atoms with E-state index >= 15 is 0 Å². The summed E-state index contributed by atoms with van der Waals surface area (Å²) in [6.45, 7) is 7.91. The van der Waals surface area contributed by atoms with Crippen LogP contribution in [0, 0.1) is 13.8 Å². The maximum Gasteiger partial charge on any atom is 0.243 e. The molecule has 0 bridgehead atoms. The second kappa shape index (κ2) is 9.73. The summed E-state index contributed by atoms with van der Waals surface area (Å²) in [4.78, 5) is 15.3. The molecule has 1 unspecified atom stereocenters. The molecular formula is C24H33N3O3S. The summed E-state index contributed by atoms with van der Waals surface area (Å²) in [5.41, 5.74) is 4.48. The van der Waals surface area contributed by atoms with Gasteiger partial charge in [0.2, 0.25) is 15.9 Å². The smallest absolute Gasteiger partial charge is 0.243 e. The first kappa shape index (κ1) is 23.1. The molecule has 2 aromatic carbocycles. The SMILES string of the molecule is Cc1ccc(C)c(N(C(C)C(=O)NCc2ccc(N3CCCCC3)cc2)S(C)(=O)=O)c1. The first-order chi connectivity index (χ1) is 14.7. The highest BCUT2D eigenvalue weighted by Crippen LogP contribution is 2.26. The van der Waals surface area contributed by atoms with Crippen LogP contribution in [0.15, 0.2) is 42.5 Å². The quantitative estimate of drug-likeness (QED) is 0.707. The van der Waals surface area contributed by atoms with Crippen LogP contribution in [0.2, 0.25) is 0 Å². The van der Waals surface area contributed by atoms with E-state index < -0.39 is 16.1 Å². The molecule has 1 aliphatic heterocycles. The van der Waals surface area contributed by atoms with E-state index in [2.05, 4.69) is 22.3 Å². The molecule has 1 aliphatic rings. The molecule has 6 nitrogen and oxygen atoms in total. The van der Waals surface area contributed by atoms with Crippen molar-refractivity contribution in [3.8, 4) is 0 Å². The van der Waals surface area contributed by atoms with Crippen LogP contribution in [-0.4, -0.2) is 39.7 Å². The van der Waals surface area contributed by atoms with Crippen molar-refractivity contribution in [1.29, 1.82) is 0 Å². The summed E-state index contributed by atoms with van der Waals surface area (Å²) < 4.78 is 26.3. The summed E-state index contributed by atoms with van der Waals surface area (Å²) in [6.07, 6.45) is 4.89. The number of amides is 1. The van der Waals surface area contributed by atoms with E-state index in [0.29, 0.717) is 12.2 Å². The number of sulfonamides is 1. The third-order valence-corrected chi connectivity index (χ3v) is 7.04. The Morgan fingerprint density at radius 1 is 1.06 bits per heavy atom. The molecule has 1 heterocycles. The fourth-order valence-corrected chi connectivity index (χ4v) is 5.28. The lowest BCUT2D eigenvalue weighted by Crippen LogP contribution is -2.48. The number of rotatable bonds is 7. The molecule has 0 radical (unpaired) electrons. The van der Waals surface area contributed by atoms with Crippen LogP contribution in [0.25, 0.3) is 0 Å². The average Bonchev–Trinajstić information content (AvgIpc) is 2.74. The number of carbonyl (C=O) groups is 1. The van der Waals surface area contributed by atoms with Gasteiger partial charge in [-0.05, 0) is 74.9 Å². The highest BCUT2D eigenvalue weighted by Gasteiger charge is 2.30. The molecule has 2 aromatic rings. The number of carbonyl (C=O) groups excluding carboxylic acids is 1. The van der Waals surface area contributed by atoms with E-state index in [1.165, 1.54) is 29.3 Å². The number of hydrogen-bond acceptors (Lipinski definition) is 4. The molecule has 1 N–H and O–H groups in total. The number of nitrogens with one attached hydrogen (secondary N) is 1. The van der Waals surface area contributed by atoms with E-state index in [-0.39, 0.29) is 5.91 Å². The normalized spacial score (nSPS) is 15.4. The first-order valence-corrected chi connectivity index (χ1v) is 12.7. The van der Waals surface area contributed by atoms with Gasteiger partial charge in [0, 0.05) is 25.3 Å². The van der Waals surface area contributed by atoms with Gasteiger partial charge >= 0.3 is 0 Å². The summed E-state index contributed by atoms with van der Waals surface area (Å²) in [7, 11) is -3.64. The standard InChI is InChI=1S/C24H33N3O3S/c1-18-8-9-19(2)23(16-18)27(31(4,29)30)20(3)24(28)25-17-21-10-12-22(13-11-21)26-14-6-5-7-15-26/h8-13,16,20H,5-7,14-15,17H2,1-4H3,(H,25,28). The largest absolute Gasteiger partial charge is 0.372 e. The van der Waals surface area contributed by atoms with Crippen LogP contribution in [0.3, 0.4) is 0 Å². The number of anilines is 2. The van der Waals surface area contributed by atoms with Crippen LogP contribution >= 0.6 is 0 Å². The molecule has 1 atom stereocenters. The number of benzene rings is 2. The number of piperidine rings is 1. The van der Waals surface area contributed by atoms with Crippen LogP contribution in [0.4, 0.5) is 11.4 Å². The van der Waals surface area contributed by atoms with Gasteiger partial charge in [0.1, 0.15) is 6.04 Å². The first-order valence-electron chi connectivity index (χ1n) is 10.8. The maximum atomic E-state index is 12.9. The Balaban J connectivity index is 1.69. The third kappa shape index (κ3) is 5.79. The lowest BCUT2D eigenvalue weighted by Gasteiger charge is -2.30. The lowest BCUT2D eigenvalue weighted by atomic mass is 10.1. The van der Waals surface area contributed by atoms with E-state index in [1.54, 1.807) is 13.0 Å². The fourth-order valence-electron chi connectivity index (χ4n) is 4.05. The topological polar surface area (TPSA) is 69.7 Å². The minimum Gasteiger partial charge on any atom is -0.372 e.